The summed E-state index contributed by atoms with van der Waals surface area (Å²) in [5.74, 6) is 4.24. The van der Waals surface area contributed by atoms with Crippen LogP contribution in [0.3, 0.4) is 0 Å². The van der Waals surface area contributed by atoms with Gasteiger partial charge in [0.05, 0.1) is 7.11 Å². The summed E-state index contributed by atoms with van der Waals surface area (Å²) in [7, 11) is 1.43. The van der Waals surface area contributed by atoms with Crippen molar-refractivity contribution in [2.75, 3.05) is 7.11 Å². The van der Waals surface area contributed by atoms with Crippen molar-refractivity contribution in [3.63, 3.8) is 0 Å². The number of ketones is 1. The van der Waals surface area contributed by atoms with Gasteiger partial charge in [-0.15, -0.1) is 0 Å². The largest absolute Gasteiger partial charge is 0.468 e. The molecule has 0 bridgehead atoms. The van der Waals surface area contributed by atoms with E-state index in [4.69, 9.17) is 4.74 Å². The molecule has 0 N–H and O–H groups in total. The Kier molecular flexibility index (Phi) is 6.38. The summed E-state index contributed by atoms with van der Waals surface area (Å²) in [6, 6.07) is 0. The molecule has 0 spiro atoms. The highest BCUT2D eigenvalue weighted by atomic mass is 16.5. The first-order valence-electron chi connectivity index (χ1n) is 13.2. The maximum Gasteiger partial charge on any atom is 0.316 e. The van der Waals surface area contributed by atoms with Crippen LogP contribution >= 0.6 is 0 Å². The minimum Gasteiger partial charge on any atom is -0.468 e. The molecule has 3 nitrogen and oxygen atoms in total. The monoisotopic (exact) mass is 430 g/mol. The van der Waals surface area contributed by atoms with Crippen LogP contribution in [-0.4, -0.2) is 18.9 Å². The van der Waals surface area contributed by atoms with E-state index in [1.807, 2.05) is 0 Å². The number of fused-ring (bicyclic) bond motifs is 5. The molecule has 0 saturated heterocycles. The second-order valence-corrected chi connectivity index (χ2v) is 12.7. The van der Waals surface area contributed by atoms with Crippen LogP contribution in [0, 0.1) is 58.2 Å². The number of hydrogen-bond acceptors (Lipinski definition) is 3. The van der Waals surface area contributed by atoms with Gasteiger partial charge in [-0.05, 0) is 90.8 Å². The van der Waals surface area contributed by atoms with Crippen molar-refractivity contribution >= 4 is 11.8 Å². The molecule has 0 aromatic heterocycles. The molecule has 0 heterocycles. The van der Waals surface area contributed by atoms with E-state index in [1.54, 1.807) is 0 Å². The average molecular weight is 431 g/mol. The van der Waals surface area contributed by atoms with E-state index in [0.717, 1.165) is 36.0 Å². The number of ether oxygens (including phenoxy) is 1. The Morgan fingerprint density at radius 3 is 2.32 bits per heavy atom. The fourth-order valence-electron chi connectivity index (χ4n) is 9.45. The van der Waals surface area contributed by atoms with Crippen molar-refractivity contribution in [2.45, 2.75) is 98.8 Å². The van der Waals surface area contributed by atoms with Gasteiger partial charge in [-0.1, -0.05) is 53.9 Å². The van der Waals surface area contributed by atoms with Crippen molar-refractivity contribution in [3.05, 3.63) is 0 Å². The molecule has 0 aliphatic heterocycles. The van der Waals surface area contributed by atoms with Crippen molar-refractivity contribution in [2.24, 2.45) is 58.2 Å². The lowest BCUT2D eigenvalue weighted by Crippen LogP contribution is -2.51. The SMILES string of the molecule is COC(=O)[C@@H]1C(=O)C[C@@]2(C)C1CC[C@H]1[C@@H]3CC[C@H]([C@H](C)CCCC(C)C)[C@@]3(C)CC[C@@H]12. The lowest BCUT2D eigenvalue weighted by atomic mass is 9.46. The van der Waals surface area contributed by atoms with Gasteiger partial charge >= 0.3 is 5.97 Å². The van der Waals surface area contributed by atoms with E-state index in [0.29, 0.717) is 17.8 Å². The number of esters is 1. The Morgan fingerprint density at radius 2 is 1.65 bits per heavy atom. The number of methoxy groups -OCH3 is 1. The zero-order valence-corrected chi connectivity index (χ0v) is 20.9. The van der Waals surface area contributed by atoms with Crippen LogP contribution in [0.4, 0.5) is 0 Å². The molecule has 1 unspecified atom stereocenters. The van der Waals surface area contributed by atoms with Crippen molar-refractivity contribution in [1.82, 2.24) is 0 Å². The highest BCUT2D eigenvalue weighted by molar-refractivity contribution is 6.01. The Labute approximate surface area is 190 Å². The molecule has 4 aliphatic carbocycles. The molecule has 0 aromatic rings. The average Bonchev–Trinajstić information content (AvgIpc) is 3.19. The molecule has 4 rings (SSSR count). The molecule has 4 fully saturated rings. The van der Waals surface area contributed by atoms with Gasteiger partial charge < -0.3 is 4.74 Å². The Bertz CT molecular complexity index is 698. The number of rotatable bonds is 6. The van der Waals surface area contributed by atoms with Crippen LogP contribution in [0.2, 0.25) is 0 Å². The van der Waals surface area contributed by atoms with Crippen molar-refractivity contribution < 1.29 is 14.3 Å². The Morgan fingerprint density at radius 1 is 0.968 bits per heavy atom. The van der Waals surface area contributed by atoms with E-state index in [1.165, 1.54) is 58.5 Å². The molecular weight excluding hydrogens is 384 g/mol. The summed E-state index contributed by atoms with van der Waals surface area (Å²) in [5.41, 5.74) is 0.479. The summed E-state index contributed by atoms with van der Waals surface area (Å²) in [6.45, 7) is 12.2. The van der Waals surface area contributed by atoms with Crippen molar-refractivity contribution in [3.8, 4) is 0 Å². The second-order valence-electron chi connectivity index (χ2n) is 12.7. The Hall–Kier alpha value is -0.860. The van der Waals surface area contributed by atoms with Gasteiger partial charge in [-0.2, -0.15) is 0 Å². The summed E-state index contributed by atoms with van der Waals surface area (Å²) in [6.07, 6.45) is 12.3. The fourth-order valence-corrected chi connectivity index (χ4v) is 9.45. The van der Waals surface area contributed by atoms with E-state index >= 15 is 0 Å². The third-order valence-electron chi connectivity index (χ3n) is 10.9. The third kappa shape index (κ3) is 3.70. The fraction of sp³-hybridized carbons (Fsp3) is 0.929. The van der Waals surface area contributed by atoms with Crippen LogP contribution in [-0.2, 0) is 14.3 Å². The molecule has 9 atom stereocenters. The van der Waals surface area contributed by atoms with Crippen LogP contribution in [0.5, 0.6) is 0 Å². The summed E-state index contributed by atoms with van der Waals surface area (Å²) in [5, 5.41) is 0. The standard InChI is InChI=1S/C28H46O3/c1-17(2)8-7-9-18(3)20-12-13-21-19-10-11-23-25(26(30)31-6)24(29)16-28(23,5)22(19)14-15-27(20,21)4/h17-23,25H,7-16H2,1-6H3/t18-,19+,20-,21+,22+,23?,25+,27-,28-/m1/s1. The molecular formula is C28H46O3. The zero-order valence-electron chi connectivity index (χ0n) is 20.9. The predicted octanol–water partition coefficient (Wildman–Crippen LogP) is 6.69. The first-order chi connectivity index (χ1) is 14.6. The number of carbonyl (C=O) groups excluding carboxylic acids is 2. The van der Waals surface area contributed by atoms with E-state index < -0.39 is 5.92 Å². The molecule has 0 amide bonds. The molecule has 3 heteroatoms. The van der Waals surface area contributed by atoms with Gasteiger partial charge in [-0.25, -0.2) is 0 Å². The first kappa shape index (κ1) is 23.3. The van der Waals surface area contributed by atoms with Gasteiger partial charge in [0.15, 0.2) is 0 Å². The van der Waals surface area contributed by atoms with Crippen LogP contribution in [0.15, 0.2) is 0 Å². The van der Waals surface area contributed by atoms with Gasteiger partial charge in [0, 0.05) is 6.42 Å². The number of Topliss-reactive ketones (excluding diaryl/α,β-unsaturated/α-hetero) is 1. The highest BCUT2D eigenvalue weighted by Gasteiger charge is 2.64. The normalized spacial score (nSPS) is 45.2. The van der Waals surface area contributed by atoms with Crippen LogP contribution < -0.4 is 0 Å². The topological polar surface area (TPSA) is 43.4 Å². The van der Waals surface area contributed by atoms with Crippen molar-refractivity contribution in [1.29, 1.82) is 0 Å². The van der Waals surface area contributed by atoms with Gasteiger partial charge in [0.25, 0.3) is 0 Å². The molecule has 176 valence electrons. The first-order valence-corrected chi connectivity index (χ1v) is 13.2. The molecule has 0 aromatic carbocycles. The van der Waals surface area contributed by atoms with Gasteiger partial charge in [0.1, 0.15) is 11.7 Å². The smallest absolute Gasteiger partial charge is 0.316 e. The molecule has 31 heavy (non-hydrogen) atoms. The quantitative estimate of drug-likeness (QED) is 0.348. The Balaban J connectivity index is 1.50. The molecule has 4 aliphatic rings. The maximum atomic E-state index is 12.9. The van der Waals surface area contributed by atoms with E-state index in [2.05, 4.69) is 34.6 Å². The maximum absolute atomic E-state index is 12.9. The van der Waals surface area contributed by atoms with Crippen LogP contribution in [0.25, 0.3) is 0 Å². The number of hydrogen-bond donors (Lipinski definition) is 0. The lowest BCUT2D eigenvalue weighted by molar-refractivity contribution is -0.153. The zero-order chi connectivity index (χ0) is 22.6. The summed E-state index contributed by atoms with van der Waals surface area (Å²) >= 11 is 0. The number of carbonyl (C=O) groups is 2. The van der Waals surface area contributed by atoms with Gasteiger partial charge in [0.2, 0.25) is 0 Å². The van der Waals surface area contributed by atoms with Crippen LogP contribution in [0.1, 0.15) is 98.8 Å². The predicted molar refractivity (Wildman–Crippen MR) is 124 cm³/mol. The molecule has 0 radical (unpaired) electrons. The third-order valence-corrected chi connectivity index (χ3v) is 10.9. The van der Waals surface area contributed by atoms with E-state index in [-0.39, 0.29) is 23.1 Å². The lowest BCUT2D eigenvalue weighted by Gasteiger charge is -2.58. The molecule has 4 saturated carbocycles. The summed E-state index contributed by atoms with van der Waals surface area (Å²) < 4.78 is 5.05. The van der Waals surface area contributed by atoms with E-state index in [9.17, 15) is 9.59 Å². The van der Waals surface area contributed by atoms with Gasteiger partial charge in [-0.3, -0.25) is 9.59 Å². The minimum atomic E-state index is -0.499. The minimum absolute atomic E-state index is 0.00114. The second kappa shape index (κ2) is 8.49. The summed E-state index contributed by atoms with van der Waals surface area (Å²) in [4.78, 5) is 25.3. The highest BCUT2D eigenvalue weighted by Crippen LogP contribution is 2.69.